The molecule has 192 valence electrons. The van der Waals surface area contributed by atoms with Crippen LogP contribution in [0, 0.1) is 0 Å². The second-order valence-electron chi connectivity index (χ2n) is 9.34. The SMILES string of the molecule is CCc1ccc(CCNC(=O)Cc2cccc(C[C@@H](C)NC[C@H](O)c3ccc(O)c(CO)c3)c2)cc1. The predicted octanol–water partition coefficient (Wildman–Crippen LogP) is 3.60. The molecule has 0 saturated carbocycles. The summed E-state index contributed by atoms with van der Waals surface area (Å²) in [5, 5.41) is 35.8. The first-order valence-corrected chi connectivity index (χ1v) is 12.6. The molecule has 3 aromatic rings. The van der Waals surface area contributed by atoms with E-state index >= 15 is 0 Å². The maximum absolute atomic E-state index is 12.4. The molecule has 0 aromatic heterocycles. The normalized spacial score (nSPS) is 12.8. The average molecular weight is 491 g/mol. The third-order valence-corrected chi connectivity index (χ3v) is 6.38. The van der Waals surface area contributed by atoms with E-state index in [1.807, 2.05) is 18.2 Å². The third-order valence-electron chi connectivity index (χ3n) is 6.38. The van der Waals surface area contributed by atoms with Crippen molar-refractivity contribution >= 4 is 5.91 Å². The molecule has 0 aliphatic carbocycles. The van der Waals surface area contributed by atoms with Gasteiger partial charge in [-0.15, -0.1) is 0 Å². The van der Waals surface area contributed by atoms with Gasteiger partial charge in [-0.25, -0.2) is 0 Å². The summed E-state index contributed by atoms with van der Waals surface area (Å²) in [5.74, 6) is 0.0350. The number of amides is 1. The van der Waals surface area contributed by atoms with Crippen LogP contribution in [0.5, 0.6) is 5.75 Å². The second-order valence-corrected chi connectivity index (χ2v) is 9.34. The van der Waals surface area contributed by atoms with E-state index in [9.17, 15) is 20.1 Å². The molecule has 2 atom stereocenters. The Morgan fingerprint density at radius 1 is 0.944 bits per heavy atom. The molecule has 0 bridgehead atoms. The van der Waals surface area contributed by atoms with Crippen LogP contribution in [0.25, 0.3) is 0 Å². The van der Waals surface area contributed by atoms with Crippen LogP contribution in [0.3, 0.4) is 0 Å². The number of aromatic hydroxyl groups is 1. The van der Waals surface area contributed by atoms with Gasteiger partial charge in [0.2, 0.25) is 5.91 Å². The van der Waals surface area contributed by atoms with Crippen molar-refractivity contribution < 1.29 is 20.1 Å². The van der Waals surface area contributed by atoms with Gasteiger partial charge in [-0.1, -0.05) is 61.5 Å². The number of aliphatic hydroxyl groups is 2. The molecule has 6 heteroatoms. The van der Waals surface area contributed by atoms with Gasteiger partial charge in [-0.2, -0.15) is 0 Å². The van der Waals surface area contributed by atoms with Gasteiger partial charge in [-0.3, -0.25) is 4.79 Å². The van der Waals surface area contributed by atoms with Crippen LogP contribution < -0.4 is 10.6 Å². The lowest BCUT2D eigenvalue weighted by Gasteiger charge is -2.18. The van der Waals surface area contributed by atoms with E-state index in [0.29, 0.717) is 30.6 Å². The molecule has 0 radical (unpaired) electrons. The molecule has 0 aliphatic heterocycles. The number of hydrogen-bond donors (Lipinski definition) is 5. The van der Waals surface area contributed by atoms with Crippen molar-refractivity contribution in [3.63, 3.8) is 0 Å². The molecule has 3 aromatic carbocycles. The van der Waals surface area contributed by atoms with Gasteiger partial charge >= 0.3 is 0 Å². The molecule has 0 unspecified atom stereocenters. The largest absolute Gasteiger partial charge is 0.508 e. The fourth-order valence-electron chi connectivity index (χ4n) is 4.20. The van der Waals surface area contributed by atoms with E-state index in [1.54, 1.807) is 12.1 Å². The van der Waals surface area contributed by atoms with Crippen LogP contribution in [0.1, 0.15) is 53.3 Å². The number of benzene rings is 3. The molecule has 36 heavy (non-hydrogen) atoms. The summed E-state index contributed by atoms with van der Waals surface area (Å²) in [6.07, 6.45) is 2.19. The molecular weight excluding hydrogens is 452 g/mol. The van der Waals surface area contributed by atoms with E-state index in [1.165, 1.54) is 17.2 Å². The summed E-state index contributed by atoms with van der Waals surface area (Å²) < 4.78 is 0. The quantitative estimate of drug-likeness (QED) is 0.252. The van der Waals surface area contributed by atoms with Crippen molar-refractivity contribution in [2.45, 2.75) is 58.3 Å². The summed E-state index contributed by atoms with van der Waals surface area (Å²) in [5.41, 5.74) is 5.68. The molecule has 1 amide bonds. The maximum Gasteiger partial charge on any atom is 0.224 e. The van der Waals surface area contributed by atoms with Crippen molar-refractivity contribution in [3.05, 3.63) is 100 Å². The standard InChI is InChI=1S/C30H38N2O4/c1-3-22-7-9-23(10-8-22)13-14-31-30(36)17-25-6-4-5-24(16-25)15-21(2)32-19-29(35)26-11-12-28(34)27(18-26)20-33/h4-12,16,18,21,29,32-35H,3,13-15,17,19-20H2,1-2H3,(H,31,36)/t21-,29+/m1/s1. The summed E-state index contributed by atoms with van der Waals surface area (Å²) in [6, 6.07) is 21.4. The average Bonchev–Trinajstić information content (AvgIpc) is 2.88. The van der Waals surface area contributed by atoms with E-state index in [2.05, 4.69) is 54.8 Å². The van der Waals surface area contributed by atoms with Crippen molar-refractivity contribution in [1.82, 2.24) is 10.6 Å². The molecule has 0 fully saturated rings. The topological polar surface area (TPSA) is 102 Å². The minimum Gasteiger partial charge on any atom is -0.508 e. The smallest absolute Gasteiger partial charge is 0.224 e. The molecule has 0 saturated heterocycles. The maximum atomic E-state index is 12.4. The van der Waals surface area contributed by atoms with Gasteiger partial charge in [0, 0.05) is 24.7 Å². The van der Waals surface area contributed by atoms with Crippen LogP contribution in [0.4, 0.5) is 0 Å². The monoisotopic (exact) mass is 490 g/mol. The molecular formula is C30H38N2O4. The lowest BCUT2D eigenvalue weighted by Crippen LogP contribution is -2.32. The molecule has 0 aliphatic rings. The fourth-order valence-corrected chi connectivity index (χ4v) is 4.20. The molecule has 0 spiro atoms. The van der Waals surface area contributed by atoms with Crippen LogP contribution in [-0.4, -0.2) is 40.4 Å². The van der Waals surface area contributed by atoms with Crippen molar-refractivity contribution in [1.29, 1.82) is 0 Å². The minimum atomic E-state index is -0.752. The van der Waals surface area contributed by atoms with Gasteiger partial charge < -0.3 is 26.0 Å². The van der Waals surface area contributed by atoms with E-state index in [-0.39, 0.29) is 24.3 Å². The van der Waals surface area contributed by atoms with Gasteiger partial charge in [0.1, 0.15) is 5.75 Å². The number of carbonyl (C=O) groups excluding carboxylic acids is 1. The number of aliphatic hydroxyl groups excluding tert-OH is 2. The lowest BCUT2D eigenvalue weighted by atomic mass is 10.0. The Morgan fingerprint density at radius 2 is 1.67 bits per heavy atom. The number of rotatable bonds is 13. The van der Waals surface area contributed by atoms with Gasteiger partial charge in [0.25, 0.3) is 0 Å². The van der Waals surface area contributed by atoms with Crippen LogP contribution in [-0.2, 0) is 37.1 Å². The molecule has 6 nitrogen and oxygen atoms in total. The van der Waals surface area contributed by atoms with Crippen molar-refractivity contribution in [2.75, 3.05) is 13.1 Å². The Labute approximate surface area is 214 Å². The van der Waals surface area contributed by atoms with Crippen LogP contribution in [0.15, 0.2) is 66.7 Å². The fraction of sp³-hybridized carbons (Fsp3) is 0.367. The zero-order valence-corrected chi connectivity index (χ0v) is 21.2. The number of carbonyl (C=O) groups is 1. The Bertz CT molecular complexity index is 1110. The molecule has 3 rings (SSSR count). The zero-order valence-electron chi connectivity index (χ0n) is 21.2. The first kappa shape index (κ1) is 27.4. The van der Waals surface area contributed by atoms with Gasteiger partial charge in [0.05, 0.1) is 19.1 Å². The third kappa shape index (κ3) is 8.48. The highest BCUT2D eigenvalue weighted by Crippen LogP contribution is 2.22. The molecule has 0 heterocycles. The first-order valence-electron chi connectivity index (χ1n) is 12.6. The number of nitrogens with one attached hydrogen (secondary N) is 2. The van der Waals surface area contributed by atoms with E-state index < -0.39 is 6.10 Å². The van der Waals surface area contributed by atoms with Crippen LogP contribution >= 0.6 is 0 Å². The summed E-state index contributed by atoms with van der Waals surface area (Å²) in [6.45, 7) is 4.88. The Hall–Kier alpha value is -3.19. The summed E-state index contributed by atoms with van der Waals surface area (Å²) in [4.78, 5) is 12.4. The van der Waals surface area contributed by atoms with Gasteiger partial charge in [-0.05, 0) is 66.1 Å². The Morgan fingerprint density at radius 3 is 2.39 bits per heavy atom. The van der Waals surface area contributed by atoms with Gasteiger partial charge in [0.15, 0.2) is 0 Å². The first-order chi connectivity index (χ1) is 17.4. The number of phenols is 1. The minimum absolute atomic E-state index is 0.0165. The number of hydrogen-bond acceptors (Lipinski definition) is 5. The highest BCUT2D eigenvalue weighted by Gasteiger charge is 2.13. The summed E-state index contributed by atoms with van der Waals surface area (Å²) >= 11 is 0. The zero-order chi connectivity index (χ0) is 25.9. The van der Waals surface area contributed by atoms with Crippen molar-refractivity contribution in [2.24, 2.45) is 0 Å². The lowest BCUT2D eigenvalue weighted by molar-refractivity contribution is -0.120. The second kappa shape index (κ2) is 13.8. The van der Waals surface area contributed by atoms with E-state index in [4.69, 9.17) is 0 Å². The molecule has 5 N–H and O–H groups in total. The Kier molecular flexibility index (Phi) is 10.5. The summed E-state index contributed by atoms with van der Waals surface area (Å²) in [7, 11) is 0. The highest BCUT2D eigenvalue weighted by atomic mass is 16.3. The number of aryl methyl sites for hydroxylation is 1. The van der Waals surface area contributed by atoms with Crippen molar-refractivity contribution in [3.8, 4) is 5.75 Å². The van der Waals surface area contributed by atoms with E-state index in [0.717, 1.165) is 30.4 Å². The Balaban J connectivity index is 1.43. The highest BCUT2D eigenvalue weighted by molar-refractivity contribution is 5.78. The van der Waals surface area contributed by atoms with Crippen LogP contribution in [0.2, 0.25) is 0 Å². The predicted molar refractivity (Wildman–Crippen MR) is 143 cm³/mol.